The first kappa shape index (κ1) is 10.8. The first-order valence-electron chi connectivity index (χ1n) is 6.43. The van der Waals surface area contributed by atoms with E-state index in [1.807, 2.05) is 23.2 Å². The molecule has 3 heterocycles. The highest BCUT2D eigenvalue weighted by Gasteiger charge is 2.39. The Morgan fingerprint density at radius 2 is 2.35 bits per heavy atom. The van der Waals surface area contributed by atoms with Crippen molar-refractivity contribution < 1.29 is 4.79 Å². The van der Waals surface area contributed by atoms with Gasteiger partial charge in [-0.25, -0.2) is 0 Å². The van der Waals surface area contributed by atoms with Gasteiger partial charge in [-0.15, -0.1) is 0 Å². The lowest BCUT2D eigenvalue weighted by Gasteiger charge is -2.39. The van der Waals surface area contributed by atoms with Crippen molar-refractivity contribution in [3.8, 4) is 0 Å². The second-order valence-electron chi connectivity index (χ2n) is 5.34. The van der Waals surface area contributed by atoms with Crippen LogP contribution in [0.25, 0.3) is 0 Å². The first-order chi connectivity index (χ1) is 8.29. The number of aromatic nitrogens is 1. The van der Waals surface area contributed by atoms with E-state index in [0.29, 0.717) is 11.1 Å². The number of nitrogens with one attached hydrogen (secondary N) is 2. The lowest BCUT2D eigenvalue weighted by Crippen LogP contribution is -2.47. The maximum atomic E-state index is 12.3. The second kappa shape index (κ2) is 4.18. The van der Waals surface area contributed by atoms with Crippen LogP contribution in [-0.4, -0.2) is 42.0 Å². The molecule has 2 aliphatic heterocycles. The van der Waals surface area contributed by atoms with Gasteiger partial charge >= 0.3 is 0 Å². The van der Waals surface area contributed by atoms with Crippen molar-refractivity contribution in [1.82, 2.24) is 15.2 Å². The van der Waals surface area contributed by atoms with E-state index in [1.165, 1.54) is 12.8 Å². The Morgan fingerprint density at radius 3 is 3.06 bits per heavy atom. The Balaban J connectivity index is 1.73. The molecule has 2 saturated heterocycles. The van der Waals surface area contributed by atoms with Gasteiger partial charge in [0, 0.05) is 31.2 Å². The van der Waals surface area contributed by atoms with E-state index < -0.39 is 0 Å². The molecule has 92 valence electrons. The number of likely N-dealkylation sites (tertiary alicyclic amines) is 1. The average Bonchev–Trinajstić information content (AvgIpc) is 3.00. The van der Waals surface area contributed by atoms with Gasteiger partial charge < -0.3 is 15.2 Å². The average molecular weight is 233 g/mol. The SMILES string of the molecule is O=C(c1ccc[nH]1)N1CCC[C@@]2(CCNC2)C1. The summed E-state index contributed by atoms with van der Waals surface area (Å²) >= 11 is 0. The minimum atomic E-state index is 0.154. The summed E-state index contributed by atoms with van der Waals surface area (Å²) in [6.45, 7) is 3.99. The predicted molar refractivity (Wildman–Crippen MR) is 65.8 cm³/mol. The molecule has 2 aliphatic rings. The van der Waals surface area contributed by atoms with E-state index in [-0.39, 0.29) is 5.91 Å². The molecule has 4 nitrogen and oxygen atoms in total. The molecule has 1 spiro atoms. The molecule has 4 heteroatoms. The second-order valence-corrected chi connectivity index (χ2v) is 5.34. The van der Waals surface area contributed by atoms with E-state index in [2.05, 4.69) is 10.3 Å². The van der Waals surface area contributed by atoms with Crippen LogP contribution < -0.4 is 5.32 Å². The van der Waals surface area contributed by atoms with Crippen molar-refractivity contribution in [3.63, 3.8) is 0 Å². The monoisotopic (exact) mass is 233 g/mol. The lowest BCUT2D eigenvalue weighted by atomic mass is 9.79. The summed E-state index contributed by atoms with van der Waals surface area (Å²) in [6.07, 6.45) is 5.41. The Kier molecular flexibility index (Phi) is 2.67. The molecule has 0 saturated carbocycles. The van der Waals surface area contributed by atoms with Crippen LogP contribution in [0.4, 0.5) is 0 Å². The van der Waals surface area contributed by atoms with Crippen LogP contribution in [-0.2, 0) is 0 Å². The van der Waals surface area contributed by atoms with Gasteiger partial charge in [0.15, 0.2) is 0 Å². The third kappa shape index (κ3) is 1.97. The number of rotatable bonds is 1. The molecule has 0 radical (unpaired) electrons. The maximum Gasteiger partial charge on any atom is 0.270 e. The molecule has 2 fully saturated rings. The van der Waals surface area contributed by atoms with E-state index >= 15 is 0 Å². The molecule has 3 rings (SSSR count). The maximum absolute atomic E-state index is 12.3. The number of carbonyl (C=O) groups excluding carboxylic acids is 1. The van der Waals surface area contributed by atoms with Gasteiger partial charge in [0.05, 0.1) is 0 Å². The van der Waals surface area contributed by atoms with Gasteiger partial charge in [0.1, 0.15) is 5.69 Å². The van der Waals surface area contributed by atoms with Gasteiger partial charge in [-0.1, -0.05) is 0 Å². The van der Waals surface area contributed by atoms with Crippen molar-refractivity contribution in [2.75, 3.05) is 26.2 Å². The smallest absolute Gasteiger partial charge is 0.270 e. The summed E-state index contributed by atoms with van der Waals surface area (Å²) in [7, 11) is 0. The zero-order valence-electron chi connectivity index (χ0n) is 10.0. The predicted octanol–water partition coefficient (Wildman–Crippen LogP) is 1.23. The molecular weight excluding hydrogens is 214 g/mol. The molecule has 0 unspecified atom stereocenters. The largest absolute Gasteiger partial charge is 0.357 e. The van der Waals surface area contributed by atoms with Gasteiger partial charge in [-0.2, -0.15) is 0 Å². The van der Waals surface area contributed by atoms with E-state index in [1.54, 1.807) is 0 Å². The number of H-pyrrole nitrogens is 1. The summed E-state index contributed by atoms with van der Waals surface area (Å²) in [4.78, 5) is 17.3. The Morgan fingerprint density at radius 1 is 1.41 bits per heavy atom. The first-order valence-corrected chi connectivity index (χ1v) is 6.43. The van der Waals surface area contributed by atoms with Crippen LogP contribution in [0.1, 0.15) is 29.8 Å². The summed E-state index contributed by atoms with van der Waals surface area (Å²) in [6, 6.07) is 3.74. The highest BCUT2D eigenvalue weighted by molar-refractivity contribution is 5.92. The normalized spacial score (nSPS) is 28.8. The number of aromatic amines is 1. The topological polar surface area (TPSA) is 48.1 Å². The standard InChI is InChI=1S/C13H19N3O/c17-12(11-3-1-6-15-11)16-8-2-4-13(10-16)5-7-14-9-13/h1,3,6,14-15H,2,4-5,7-10H2/t13-/m0/s1. The quantitative estimate of drug-likeness (QED) is 0.766. The van der Waals surface area contributed by atoms with Crippen LogP contribution in [0, 0.1) is 5.41 Å². The minimum absolute atomic E-state index is 0.154. The number of nitrogens with zero attached hydrogens (tertiary/aromatic N) is 1. The molecule has 1 atom stereocenters. The fraction of sp³-hybridized carbons (Fsp3) is 0.615. The number of carbonyl (C=O) groups is 1. The molecule has 2 N–H and O–H groups in total. The van der Waals surface area contributed by atoms with Crippen LogP contribution in [0.5, 0.6) is 0 Å². The summed E-state index contributed by atoms with van der Waals surface area (Å²) in [5, 5.41) is 3.43. The van der Waals surface area contributed by atoms with Gasteiger partial charge in [0.25, 0.3) is 5.91 Å². The van der Waals surface area contributed by atoms with Gasteiger partial charge in [0.2, 0.25) is 0 Å². The van der Waals surface area contributed by atoms with Crippen LogP contribution in [0.3, 0.4) is 0 Å². The zero-order valence-corrected chi connectivity index (χ0v) is 10.0. The fourth-order valence-corrected chi connectivity index (χ4v) is 3.16. The molecular formula is C13H19N3O. The van der Waals surface area contributed by atoms with E-state index in [0.717, 1.165) is 32.6 Å². The van der Waals surface area contributed by atoms with Gasteiger partial charge in [-0.05, 0) is 37.9 Å². The van der Waals surface area contributed by atoms with Crippen molar-refractivity contribution in [2.24, 2.45) is 5.41 Å². The van der Waals surface area contributed by atoms with Crippen molar-refractivity contribution >= 4 is 5.91 Å². The molecule has 17 heavy (non-hydrogen) atoms. The summed E-state index contributed by atoms with van der Waals surface area (Å²) < 4.78 is 0. The molecule has 1 aromatic heterocycles. The highest BCUT2D eigenvalue weighted by Crippen LogP contribution is 2.35. The van der Waals surface area contributed by atoms with Gasteiger partial charge in [-0.3, -0.25) is 4.79 Å². The summed E-state index contributed by atoms with van der Waals surface area (Å²) in [5.74, 6) is 0.154. The van der Waals surface area contributed by atoms with Crippen LogP contribution >= 0.6 is 0 Å². The number of piperidine rings is 1. The molecule has 1 amide bonds. The Labute approximate surface area is 101 Å². The van der Waals surface area contributed by atoms with Crippen LogP contribution in [0.15, 0.2) is 18.3 Å². The number of hydrogen-bond donors (Lipinski definition) is 2. The molecule has 0 aliphatic carbocycles. The highest BCUT2D eigenvalue weighted by atomic mass is 16.2. The summed E-state index contributed by atoms with van der Waals surface area (Å²) in [5.41, 5.74) is 1.06. The fourth-order valence-electron chi connectivity index (χ4n) is 3.16. The third-order valence-corrected chi connectivity index (χ3v) is 4.11. The minimum Gasteiger partial charge on any atom is -0.357 e. The molecule has 0 aromatic carbocycles. The van der Waals surface area contributed by atoms with E-state index in [9.17, 15) is 4.79 Å². The van der Waals surface area contributed by atoms with Crippen LogP contribution in [0.2, 0.25) is 0 Å². The molecule has 0 bridgehead atoms. The Hall–Kier alpha value is -1.29. The van der Waals surface area contributed by atoms with E-state index in [4.69, 9.17) is 0 Å². The third-order valence-electron chi connectivity index (χ3n) is 4.11. The lowest BCUT2D eigenvalue weighted by molar-refractivity contribution is 0.0548. The number of amides is 1. The number of hydrogen-bond acceptors (Lipinski definition) is 2. The Bertz CT molecular complexity index is 393. The molecule has 1 aromatic rings. The van der Waals surface area contributed by atoms with Crippen molar-refractivity contribution in [3.05, 3.63) is 24.0 Å². The van der Waals surface area contributed by atoms with Crippen molar-refractivity contribution in [1.29, 1.82) is 0 Å². The van der Waals surface area contributed by atoms with Crippen molar-refractivity contribution in [2.45, 2.75) is 19.3 Å². The zero-order chi connectivity index (χ0) is 11.7.